The van der Waals surface area contributed by atoms with Crippen LogP contribution in [0.5, 0.6) is 0 Å². The monoisotopic (exact) mass is 292 g/mol. The van der Waals surface area contributed by atoms with Gasteiger partial charge in [0.25, 0.3) is 0 Å². The van der Waals surface area contributed by atoms with Gasteiger partial charge in [-0.2, -0.15) is 0 Å². The highest BCUT2D eigenvalue weighted by molar-refractivity contribution is 6.19. The molecule has 0 atom stereocenters. The summed E-state index contributed by atoms with van der Waals surface area (Å²) in [6.07, 6.45) is 0. The molecule has 104 valence electrons. The summed E-state index contributed by atoms with van der Waals surface area (Å²) in [7, 11) is 0. The molecule has 0 saturated heterocycles. The first-order chi connectivity index (χ1) is 10.4. The van der Waals surface area contributed by atoms with E-state index in [-0.39, 0.29) is 5.41 Å². The summed E-state index contributed by atoms with van der Waals surface area (Å²) in [6.45, 7) is 0. The summed E-state index contributed by atoms with van der Waals surface area (Å²) in [5, 5.41) is 0. The van der Waals surface area contributed by atoms with Crippen molar-refractivity contribution in [2.75, 3.05) is 5.88 Å². The van der Waals surface area contributed by atoms with Crippen LogP contribution in [-0.4, -0.2) is 5.88 Å². The Morgan fingerprint density at radius 2 is 0.810 bits per heavy atom. The van der Waals surface area contributed by atoms with E-state index in [1.807, 2.05) is 18.2 Å². The van der Waals surface area contributed by atoms with Gasteiger partial charge in [0.2, 0.25) is 0 Å². The minimum Gasteiger partial charge on any atom is -0.125 e. The number of rotatable bonds is 4. The minimum atomic E-state index is -0.314. The van der Waals surface area contributed by atoms with Gasteiger partial charge in [0.05, 0.1) is 5.41 Å². The molecule has 0 heterocycles. The molecule has 0 bridgehead atoms. The van der Waals surface area contributed by atoms with Gasteiger partial charge in [-0.05, 0) is 16.7 Å². The van der Waals surface area contributed by atoms with Crippen LogP contribution in [-0.2, 0) is 5.41 Å². The lowest BCUT2D eigenvalue weighted by atomic mass is 9.71. The number of alkyl halides is 1. The van der Waals surface area contributed by atoms with Gasteiger partial charge in [0, 0.05) is 5.88 Å². The Labute approximate surface area is 131 Å². The van der Waals surface area contributed by atoms with Crippen LogP contribution in [0.3, 0.4) is 0 Å². The Morgan fingerprint density at radius 3 is 1.05 bits per heavy atom. The quantitative estimate of drug-likeness (QED) is 0.454. The summed E-state index contributed by atoms with van der Waals surface area (Å²) in [6, 6.07) is 31.5. The van der Waals surface area contributed by atoms with E-state index in [0.717, 1.165) is 0 Å². The first kappa shape index (κ1) is 13.9. The predicted octanol–water partition coefficient (Wildman–Crippen LogP) is 5.26. The maximum atomic E-state index is 6.53. The van der Waals surface area contributed by atoms with E-state index in [0.29, 0.717) is 5.88 Å². The van der Waals surface area contributed by atoms with Gasteiger partial charge in [0.15, 0.2) is 0 Å². The van der Waals surface area contributed by atoms with Crippen molar-refractivity contribution in [1.82, 2.24) is 0 Å². The molecular formula is C20H17Cl. The lowest BCUT2D eigenvalue weighted by Gasteiger charge is -2.34. The topological polar surface area (TPSA) is 0 Å². The molecule has 0 nitrogen and oxygen atoms in total. The van der Waals surface area contributed by atoms with Gasteiger partial charge in [-0.1, -0.05) is 91.0 Å². The lowest BCUT2D eigenvalue weighted by molar-refractivity contribution is 0.700. The molecule has 0 saturated carbocycles. The van der Waals surface area contributed by atoms with Crippen LogP contribution < -0.4 is 0 Å². The SMILES string of the molecule is ClCC(c1ccccc1)(c1ccccc1)c1ccccc1. The van der Waals surface area contributed by atoms with Crippen LogP contribution in [0.2, 0.25) is 0 Å². The second-order valence-electron chi connectivity index (χ2n) is 5.14. The van der Waals surface area contributed by atoms with Gasteiger partial charge >= 0.3 is 0 Å². The van der Waals surface area contributed by atoms with Crippen LogP contribution in [0.25, 0.3) is 0 Å². The third-order valence-electron chi connectivity index (χ3n) is 4.00. The van der Waals surface area contributed by atoms with Crippen molar-refractivity contribution in [2.45, 2.75) is 5.41 Å². The van der Waals surface area contributed by atoms with Gasteiger partial charge in [0.1, 0.15) is 0 Å². The number of hydrogen-bond donors (Lipinski definition) is 0. The summed E-state index contributed by atoms with van der Waals surface area (Å²) < 4.78 is 0. The van der Waals surface area contributed by atoms with Crippen LogP contribution in [0.4, 0.5) is 0 Å². The van der Waals surface area contributed by atoms with Crippen LogP contribution in [0.1, 0.15) is 16.7 Å². The molecule has 21 heavy (non-hydrogen) atoms. The van der Waals surface area contributed by atoms with E-state index in [9.17, 15) is 0 Å². The normalized spacial score (nSPS) is 11.3. The highest BCUT2D eigenvalue weighted by Crippen LogP contribution is 2.39. The van der Waals surface area contributed by atoms with Crippen LogP contribution in [0.15, 0.2) is 91.0 Å². The van der Waals surface area contributed by atoms with Crippen molar-refractivity contribution in [3.8, 4) is 0 Å². The van der Waals surface area contributed by atoms with E-state index < -0.39 is 0 Å². The van der Waals surface area contributed by atoms with E-state index in [2.05, 4.69) is 72.8 Å². The number of benzene rings is 3. The van der Waals surface area contributed by atoms with E-state index >= 15 is 0 Å². The third kappa shape index (κ3) is 2.48. The Kier molecular flexibility index (Phi) is 4.08. The van der Waals surface area contributed by atoms with Crippen molar-refractivity contribution < 1.29 is 0 Å². The maximum absolute atomic E-state index is 6.53. The Balaban J connectivity index is 2.29. The largest absolute Gasteiger partial charge is 0.125 e. The fraction of sp³-hybridized carbons (Fsp3) is 0.100. The molecule has 0 unspecified atom stereocenters. The van der Waals surface area contributed by atoms with Crippen molar-refractivity contribution >= 4 is 11.6 Å². The average molecular weight is 293 g/mol. The molecule has 0 aromatic heterocycles. The second-order valence-corrected chi connectivity index (χ2v) is 5.40. The molecule has 0 aliphatic rings. The molecule has 0 fully saturated rings. The summed E-state index contributed by atoms with van der Waals surface area (Å²) >= 11 is 6.53. The van der Waals surface area contributed by atoms with E-state index in [1.165, 1.54) is 16.7 Å². The minimum absolute atomic E-state index is 0.314. The number of halogens is 1. The Bertz CT molecular complexity index is 578. The fourth-order valence-corrected chi connectivity index (χ4v) is 3.36. The Hall–Kier alpha value is -2.05. The zero-order valence-electron chi connectivity index (χ0n) is 11.7. The highest BCUT2D eigenvalue weighted by atomic mass is 35.5. The molecule has 3 rings (SSSR count). The van der Waals surface area contributed by atoms with Gasteiger partial charge in [-0.25, -0.2) is 0 Å². The van der Waals surface area contributed by atoms with Gasteiger partial charge in [-0.3, -0.25) is 0 Å². The highest BCUT2D eigenvalue weighted by Gasteiger charge is 2.35. The zero-order valence-corrected chi connectivity index (χ0v) is 12.5. The van der Waals surface area contributed by atoms with E-state index in [4.69, 9.17) is 11.6 Å². The summed E-state index contributed by atoms with van der Waals surface area (Å²) in [5.41, 5.74) is 3.35. The average Bonchev–Trinajstić information content (AvgIpc) is 2.59. The van der Waals surface area contributed by atoms with Crippen molar-refractivity contribution in [3.05, 3.63) is 108 Å². The Morgan fingerprint density at radius 1 is 0.524 bits per heavy atom. The first-order valence-corrected chi connectivity index (χ1v) is 7.64. The van der Waals surface area contributed by atoms with Crippen LogP contribution >= 0.6 is 11.6 Å². The molecule has 1 heteroatoms. The number of hydrogen-bond acceptors (Lipinski definition) is 0. The smallest absolute Gasteiger partial charge is 0.0586 e. The molecular weight excluding hydrogens is 276 g/mol. The lowest BCUT2D eigenvalue weighted by Crippen LogP contribution is -2.31. The molecule has 0 amide bonds. The molecule has 0 spiro atoms. The molecule has 3 aromatic carbocycles. The third-order valence-corrected chi connectivity index (χ3v) is 4.40. The zero-order chi connectivity index (χ0) is 14.5. The fourth-order valence-electron chi connectivity index (χ4n) is 2.90. The molecule has 0 aliphatic carbocycles. The van der Waals surface area contributed by atoms with Gasteiger partial charge < -0.3 is 0 Å². The molecule has 0 N–H and O–H groups in total. The standard InChI is InChI=1S/C20H17Cl/c21-16-20(17-10-4-1-5-11-17,18-12-6-2-7-13-18)19-14-8-3-9-15-19/h1-15H,16H2. The predicted molar refractivity (Wildman–Crippen MR) is 89.9 cm³/mol. The second kappa shape index (κ2) is 6.15. The molecule has 0 radical (unpaired) electrons. The van der Waals surface area contributed by atoms with Crippen molar-refractivity contribution in [1.29, 1.82) is 0 Å². The van der Waals surface area contributed by atoms with Crippen molar-refractivity contribution in [3.63, 3.8) is 0 Å². The summed E-state index contributed by atoms with van der Waals surface area (Å²) in [5.74, 6) is 0.505. The van der Waals surface area contributed by atoms with Crippen LogP contribution in [0, 0.1) is 0 Å². The maximum Gasteiger partial charge on any atom is 0.0586 e. The van der Waals surface area contributed by atoms with Gasteiger partial charge in [-0.15, -0.1) is 11.6 Å². The summed E-state index contributed by atoms with van der Waals surface area (Å²) in [4.78, 5) is 0. The van der Waals surface area contributed by atoms with E-state index in [1.54, 1.807) is 0 Å². The first-order valence-electron chi connectivity index (χ1n) is 7.10. The molecule has 0 aliphatic heterocycles. The van der Waals surface area contributed by atoms with Crippen molar-refractivity contribution in [2.24, 2.45) is 0 Å². The molecule has 3 aromatic rings.